The molecule has 1 aromatic carbocycles. The lowest BCUT2D eigenvalue weighted by Gasteiger charge is -2.09. The number of hydrogen-bond donors (Lipinski definition) is 1. The van der Waals surface area contributed by atoms with E-state index in [0.717, 1.165) is 18.4 Å². The molecule has 0 aliphatic rings. The summed E-state index contributed by atoms with van der Waals surface area (Å²) < 4.78 is 30.1. The lowest BCUT2D eigenvalue weighted by molar-refractivity contribution is 0.147. The monoisotopic (exact) mass is 215 g/mol. The lowest BCUT2D eigenvalue weighted by Crippen LogP contribution is -2.01. The number of rotatable bonds is 5. The first-order chi connectivity index (χ1) is 7.19. The molecule has 1 rings (SSSR count). The summed E-state index contributed by atoms with van der Waals surface area (Å²) in [4.78, 5) is 0. The van der Waals surface area contributed by atoms with Gasteiger partial charge in [0.1, 0.15) is 5.75 Å². The normalized spacial score (nSPS) is 10.7. The molecule has 0 aliphatic carbocycles. The van der Waals surface area contributed by atoms with Crippen LogP contribution in [0.5, 0.6) is 5.75 Å². The molecular formula is C11H15F2NO. The standard InChI is InChI=1S/C11H15F2NO/c1-15-10-5-4-8(3-2-6-14)7-9(10)11(12)13/h4-5,7,11H,2-3,6,14H2,1H3. The highest BCUT2D eigenvalue weighted by atomic mass is 19.3. The van der Waals surface area contributed by atoms with Crippen molar-refractivity contribution >= 4 is 0 Å². The van der Waals surface area contributed by atoms with Gasteiger partial charge in [-0.1, -0.05) is 6.07 Å². The smallest absolute Gasteiger partial charge is 0.267 e. The Morgan fingerprint density at radius 1 is 1.40 bits per heavy atom. The van der Waals surface area contributed by atoms with Crippen molar-refractivity contribution in [3.05, 3.63) is 29.3 Å². The second-order valence-electron chi connectivity index (χ2n) is 3.27. The minimum Gasteiger partial charge on any atom is -0.496 e. The van der Waals surface area contributed by atoms with Crippen molar-refractivity contribution < 1.29 is 13.5 Å². The maximum Gasteiger partial charge on any atom is 0.267 e. The summed E-state index contributed by atoms with van der Waals surface area (Å²) in [5.74, 6) is 0.237. The van der Waals surface area contributed by atoms with Crippen LogP contribution in [0.3, 0.4) is 0 Å². The molecule has 2 N–H and O–H groups in total. The molecule has 0 heterocycles. The Hall–Kier alpha value is -1.16. The molecular weight excluding hydrogens is 200 g/mol. The van der Waals surface area contributed by atoms with Crippen LogP contribution in [0.15, 0.2) is 18.2 Å². The summed E-state index contributed by atoms with van der Waals surface area (Å²) in [6.45, 7) is 0.566. The number of methoxy groups -OCH3 is 1. The average Bonchev–Trinajstić information content (AvgIpc) is 2.25. The van der Waals surface area contributed by atoms with E-state index >= 15 is 0 Å². The summed E-state index contributed by atoms with van der Waals surface area (Å²) in [5.41, 5.74) is 6.18. The van der Waals surface area contributed by atoms with Crippen molar-refractivity contribution in [1.29, 1.82) is 0 Å². The lowest BCUT2D eigenvalue weighted by atomic mass is 10.1. The van der Waals surface area contributed by atoms with Crippen LogP contribution in [0, 0.1) is 0 Å². The van der Waals surface area contributed by atoms with Crippen LogP contribution in [-0.2, 0) is 6.42 Å². The zero-order chi connectivity index (χ0) is 11.3. The molecule has 0 atom stereocenters. The molecule has 0 radical (unpaired) electrons. The fraction of sp³-hybridized carbons (Fsp3) is 0.455. The second-order valence-corrected chi connectivity index (χ2v) is 3.27. The van der Waals surface area contributed by atoms with Gasteiger partial charge in [0.05, 0.1) is 12.7 Å². The molecule has 0 saturated heterocycles. The molecule has 0 aromatic heterocycles. The minimum atomic E-state index is -2.50. The number of benzene rings is 1. The van der Waals surface area contributed by atoms with Crippen LogP contribution in [0.2, 0.25) is 0 Å². The third kappa shape index (κ3) is 3.16. The molecule has 15 heavy (non-hydrogen) atoms. The van der Waals surface area contributed by atoms with Gasteiger partial charge < -0.3 is 10.5 Å². The third-order valence-electron chi connectivity index (χ3n) is 2.20. The maximum absolute atomic E-state index is 12.6. The predicted molar refractivity (Wildman–Crippen MR) is 55.3 cm³/mol. The van der Waals surface area contributed by atoms with Gasteiger partial charge in [0, 0.05) is 0 Å². The van der Waals surface area contributed by atoms with E-state index in [9.17, 15) is 8.78 Å². The van der Waals surface area contributed by atoms with Gasteiger partial charge in [-0.25, -0.2) is 8.78 Å². The highest BCUT2D eigenvalue weighted by Gasteiger charge is 2.13. The summed E-state index contributed by atoms with van der Waals surface area (Å²) in [7, 11) is 1.39. The summed E-state index contributed by atoms with van der Waals surface area (Å²) in [6.07, 6.45) is -0.979. The number of alkyl halides is 2. The molecule has 0 fully saturated rings. The fourth-order valence-corrected chi connectivity index (χ4v) is 1.42. The molecule has 0 unspecified atom stereocenters. The second kappa shape index (κ2) is 5.66. The Morgan fingerprint density at radius 3 is 2.67 bits per heavy atom. The van der Waals surface area contributed by atoms with Crippen molar-refractivity contribution in [2.75, 3.05) is 13.7 Å². The van der Waals surface area contributed by atoms with Gasteiger partial charge in [0.25, 0.3) is 6.43 Å². The zero-order valence-corrected chi connectivity index (χ0v) is 8.67. The largest absolute Gasteiger partial charge is 0.496 e. The Balaban J connectivity index is 2.89. The van der Waals surface area contributed by atoms with Crippen LogP contribution in [0.25, 0.3) is 0 Å². The van der Waals surface area contributed by atoms with Gasteiger partial charge in [-0.2, -0.15) is 0 Å². The Morgan fingerprint density at radius 2 is 2.13 bits per heavy atom. The Labute approximate surface area is 88.0 Å². The van der Waals surface area contributed by atoms with Gasteiger partial charge >= 0.3 is 0 Å². The highest BCUT2D eigenvalue weighted by molar-refractivity contribution is 5.38. The van der Waals surface area contributed by atoms with E-state index in [1.54, 1.807) is 12.1 Å². The van der Waals surface area contributed by atoms with Crippen molar-refractivity contribution in [3.63, 3.8) is 0 Å². The van der Waals surface area contributed by atoms with Gasteiger partial charge in [-0.15, -0.1) is 0 Å². The van der Waals surface area contributed by atoms with Crippen LogP contribution in [0.1, 0.15) is 24.0 Å². The molecule has 0 aliphatic heterocycles. The summed E-state index contributed by atoms with van der Waals surface area (Å²) in [6, 6.07) is 4.85. The SMILES string of the molecule is COc1ccc(CCCN)cc1C(F)F. The third-order valence-corrected chi connectivity index (χ3v) is 2.20. The van der Waals surface area contributed by atoms with Gasteiger partial charge in [0.15, 0.2) is 0 Å². The van der Waals surface area contributed by atoms with E-state index in [-0.39, 0.29) is 11.3 Å². The summed E-state index contributed by atoms with van der Waals surface area (Å²) in [5, 5.41) is 0. The molecule has 0 amide bonds. The highest BCUT2D eigenvalue weighted by Crippen LogP contribution is 2.29. The number of aryl methyl sites for hydroxylation is 1. The van der Waals surface area contributed by atoms with Gasteiger partial charge in [-0.3, -0.25) is 0 Å². The first-order valence-corrected chi connectivity index (χ1v) is 4.84. The van der Waals surface area contributed by atoms with Crippen LogP contribution < -0.4 is 10.5 Å². The quantitative estimate of drug-likeness (QED) is 0.819. The maximum atomic E-state index is 12.6. The predicted octanol–water partition coefficient (Wildman–Crippen LogP) is 2.52. The van der Waals surface area contributed by atoms with E-state index in [1.807, 2.05) is 0 Å². The number of nitrogens with two attached hydrogens (primary N) is 1. The first-order valence-electron chi connectivity index (χ1n) is 4.84. The van der Waals surface area contributed by atoms with Crippen molar-refractivity contribution in [2.24, 2.45) is 5.73 Å². The molecule has 4 heteroatoms. The van der Waals surface area contributed by atoms with Crippen molar-refractivity contribution in [2.45, 2.75) is 19.3 Å². The molecule has 1 aromatic rings. The van der Waals surface area contributed by atoms with Gasteiger partial charge in [0.2, 0.25) is 0 Å². The molecule has 84 valence electrons. The molecule has 0 saturated carbocycles. The number of ether oxygens (including phenoxy) is 1. The molecule has 0 spiro atoms. The topological polar surface area (TPSA) is 35.2 Å². The average molecular weight is 215 g/mol. The Bertz CT molecular complexity index is 315. The van der Waals surface area contributed by atoms with Crippen LogP contribution in [0.4, 0.5) is 8.78 Å². The number of halogens is 2. The van der Waals surface area contributed by atoms with E-state index in [2.05, 4.69) is 0 Å². The molecule has 2 nitrogen and oxygen atoms in total. The van der Waals surface area contributed by atoms with E-state index in [4.69, 9.17) is 10.5 Å². The first kappa shape index (κ1) is 11.9. The van der Waals surface area contributed by atoms with E-state index < -0.39 is 6.43 Å². The van der Waals surface area contributed by atoms with E-state index in [0.29, 0.717) is 6.54 Å². The minimum absolute atomic E-state index is 0.0491. The molecule has 0 bridgehead atoms. The fourth-order valence-electron chi connectivity index (χ4n) is 1.42. The Kier molecular flexibility index (Phi) is 4.49. The van der Waals surface area contributed by atoms with Crippen molar-refractivity contribution in [1.82, 2.24) is 0 Å². The zero-order valence-electron chi connectivity index (χ0n) is 8.67. The van der Waals surface area contributed by atoms with Crippen LogP contribution >= 0.6 is 0 Å². The summed E-state index contributed by atoms with van der Waals surface area (Å²) >= 11 is 0. The van der Waals surface area contributed by atoms with E-state index in [1.165, 1.54) is 13.2 Å². The number of hydrogen-bond acceptors (Lipinski definition) is 2. The van der Waals surface area contributed by atoms with Crippen LogP contribution in [-0.4, -0.2) is 13.7 Å². The van der Waals surface area contributed by atoms with Gasteiger partial charge in [-0.05, 0) is 37.1 Å². The van der Waals surface area contributed by atoms with Crippen molar-refractivity contribution in [3.8, 4) is 5.75 Å².